The Morgan fingerprint density at radius 3 is 2.60 bits per heavy atom. The Hall–Kier alpha value is -2.46. The van der Waals surface area contributed by atoms with Gasteiger partial charge < -0.3 is 14.0 Å². The van der Waals surface area contributed by atoms with Gasteiger partial charge in [0.15, 0.2) is 0 Å². The summed E-state index contributed by atoms with van der Waals surface area (Å²) in [5.74, 6) is 1.47. The van der Waals surface area contributed by atoms with Gasteiger partial charge in [-0.1, -0.05) is 23.7 Å². The van der Waals surface area contributed by atoms with Gasteiger partial charge >= 0.3 is 0 Å². The van der Waals surface area contributed by atoms with Gasteiger partial charge in [0, 0.05) is 23.0 Å². The molecule has 4 nitrogen and oxygen atoms in total. The van der Waals surface area contributed by atoms with Crippen LogP contribution in [0.1, 0.15) is 12.0 Å². The Morgan fingerprint density at radius 1 is 1.12 bits per heavy atom. The minimum atomic E-state index is -0.0269. The summed E-state index contributed by atoms with van der Waals surface area (Å²) in [7, 11) is 1.62. The molecule has 0 bridgehead atoms. The highest BCUT2D eigenvalue weighted by Crippen LogP contribution is 2.26. The van der Waals surface area contributed by atoms with E-state index >= 15 is 0 Å². The molecule has 0 saturated heterocycles. The Kier molecular flexibility index (Phi) is 5.29. The molecular formula is C20H20ClNO3. The predicted octanol–water partition coefficient (Wildman–Crippen LogP) is 4.44. The first-order valence-corrected chi connectivity index (χ1v) is 8.53. The summed E-state index contributed by atoms with van der Waals surface area (Å²) in [6, 6.07) is 14.7. The number of aryl methyl sites for hydroxylation is 2. The number of nitrogens with zero attached hydrogens (tertiary/aromatic N) is 1. The van der Waals surface area contributed by atoms with Crippen molar-refractivity contribution in [3.05, 3.63) is 69.5 Å². The number of aromatic nitrogens is 1. The van der Waals surface area contributed by atoms with Crippen LogP contribution in [0.4, 0.5) is 0 Å². The molecule has 2 aromatic carbocycles. The van der Waals surface area contributed by atoms with Crippen LogP contribution >= 0.6 is 11.6 Å². The number of halogens is 1. The summed E-state index contributed by atoms with van der Waals surface area (Å²) in [5, 5.41) is 1.70. The quantitative estimate of drug-likeness (QED) is 0.612. The first-order chi connectivity index (χ1) is 12.1. The van der Waals surface area contributed by atoms with E-state index in [1.165, 1.54) is 0 Å². The molecule has 1 aromatic heterocycles. The van der Waals surface area contributed by atoms with Crippen LogP contribution in [0.15, 0.2) is 53.3 Å². The lowest BCUT2D eigenvalue weighted by atomic mass is 10.1. The molecule has 0 amide bonds. The number of para-hydroxylation sites is 1. The zero-order valence-electron chi connectivity index (χ0n) is 14.3. The molecule has 0 aliphatic rings. The van der Waals surface area contributed by atoms with E-state index in [4.69, 9.17) is 21.1 Å². The number of fused-ring (bicyclic) bond motifs is 1. The molecular weight excluding hydrogens is 338 g/mol. The number of hydrogen-bond donors (Lipinski definition) is 0. The first-order valence-electron chi connectivity index (χ1n) is 8.15. The Balaban J connectivity index is 1.79. The van der Waals surface area contributed by atoms with Gasteiger partial charge in [-0.2, -0.15) is 0 Å². The fourth-order valence-electron chi connectivity index (χ4n) is 2.90. The number of pyridine rings is 1. The van der Waals surface area contributed by atoms with Crippen molar-refractivity contribution in [3.8, 4) is 11.5 Å². The van der Waals surface area contributed by atoms with Crippen molar-refractivity contribution in [2.75, 3.05) is 13.7 Å². The van der Waals surface area contributed by atoms with Crippen LogP contribution in [-0.2, 0) is 6.54 Å². The molecule has 25 heavy (non-hydrogen) atoms. The zero-order valence-corrected chi connectivity index (χ0v) is 15.0. The maximum absolute atomic E-state index is 12.5. The highest BCUT2D eigenvalue weighted by Gasteiger charge is 2.11. The molecule has 1 heterocycles. The molecule has 0 spiro atoms. The van der Waals surface area contributed by atoms with Crippen LogP contribution in [0.5, 0.6) is 11.5 Å². The van der Waals surface area contributed by atoms with E-state index in [-0.39, 0.29) is 5.56 Å². The summed E-state index contributed by atoms with van der Waals surface area (Å²) >= 11 is 5.86. The second kappa shape index (κ2) is 7.62. The van der Waals surface area contributed by atoms with Crippen molar-refractivity contribution >= 4 is 22.5 Å². The van der Waals surface area contributed by atoms with Crippen molar-refractivity contribution < 1.29 is 9.47 Å². The number of hydrogen-bond acceptors (Lipinski definition) is 3. The lowest BCUT2D eigenvalue weighted by molar-refractivity contribution is 0.301. The van der Waals surface area contributed by atoms with Crippen molar-refractivity contribution in [2.24, 2.45) is 0 Å². The van der Waals surface area contributed by atoms with Gasteiger partial charge in [-0.3, -0.25) is 4.79 Å². The number of ether oxygens (including phenoxy) is 2. The van der Waals surface area contributed by atoms with E-state index in [0.29, 0.717) is 30.3 Å². The highest BCUT2D eigenvalue weighted by molar-refractivity contribution is 6.30. The number of benzene rings is 2. The molecule has 3 aromatic rings. The monoisotopic (exact) mass is 357 g/mol. The van der Waals surface area contributed by atoms with Gasteiger partial charge in [0.2, 0.25) is 0 Å². The van der Waals surface area contributed by atoms with Gasteiger partial charge in [-0.15, -0.1) is 0 Å². The van der Waals surface area contributed by atoms with E-state index in [9.17, 15) is 4.79 Å². The largest absolute Gasteiger partial charge is 0.495 e. The number of rotatable bonds is 6. The van der Waals surface area contributed by atoms with E-state index in [1.807, 2.05) is 37.3 Å². The summed E-state index contributed by atoms with van der Waals surface area (Å²) in [4.78, 5) is 12.5. The van der Waals surface area contributed by atoms with Gasteiger partial charge in [0.1, 0.15) is 11.5 Å². The molecule has 130 valence electrons. The first kappa shape index (κ1) is 17.4. The van der Waals surface area contributed by atoms with Crippen LogP contribution < -0.4 is 15.0 Å². The Morgan fingerprint density at radius 2 is 1.88 bits per heavy atom. The van der Waals surface area contributed by atoms with Crippen LogP contribution in [0, 0.1) is 6.92 Å². The topological polar surface area (TPSA) is 40.5 Å². The summed E-state index contributed by atoms with van der Waals surface area (Å²) in [6.07, 6.45) is 0.707. The van der Waals surface area contributed by atoms with E-state index in [0.717, 1.165) is 22.2 Å². The molecule has 0 aliphatic carbocycles. The second-order valence-electron chi connectivity index (χ2n) is 5.83. The minimum absolute atomic E-state index is 0.0269. The van der Waals surface area contributed by atoms with Crippen LogP contribution in [0.3, 0.4) is 0 Å². The predicted molar refractivity (Wildman–Crippen MR) is 101 cm³/mol. The summed E-state index contributed by atoms with van der Waals surface area (Å²) < 4.78 is 12.9. The summed E-state index contributed by atoms with van der Waals surface area (Å²) in [5.41, 5.74) is 1.76. The van der Waals surface area contributed by atoms with E-state index in [2.05, 4.69) is 0 Å². The molecule has 0 unspecified atom stereocenters. The maximum atomic E-state index is 12.5. The molecule has 5 heteroatoms. The number of methoxy groups -OCH3 is 1. The van der Waals surface area contributed by atoms with Crippen molar-refractivity contribution in [1.82, 2.24) is 4.57 Å². The third-order valence-corrected chi connectivity index (χ3v) is 4.38. The van der Waals surface area contributed by atoms with E-state index in [1.54, 1.807) is 29.9 Å². The second-order valence-corrected chi connectivity index (χ2v) is 6.27. The molecule has 0 atom stereocenters. The molecule has 0 fully saturated rings. The lowest BCUT2D eigenvalue weighted by Crippen LogP contribution is -2.22. The van der Waals surface area contributed by atoms with Gasteiger partial charge in [0.05, 0.1) is 19.2 Å². The maximum Gasteiger partial charge on any atom is 0.251 e. The van der Waals surface area contributed by atoms with Crippen LogP contribution in [0.25, 0.3) is 10.9 Å². The smallest absolute Gasteiger partial charge is 0.251 e. The van der Waals surface area contributed by atoms with Crippen LogP contribution in [-0.4, -0.2) is 18.3 Å². The molecule has 0 radical (unpaired) electrons. The van der Waals surface area contributed by atoms with Crippen LogP contribution in [0.2, 0.25) is 5.02 Å². The standard InChI is InChI=1S/C20H20ClNO3/c1-14-13-19(23)22(20-17(14)5-3-6-18(20)24-2)11-4-12-25-16-9-7-15(21)8-10-16/h3,5-10,13H,4,11-12H2,1-2H3. The molecule has 0 aliphatic heterocycles. The zero-order chi connectivity index (χ0) is 17.8. The third-order valence-electron chi connectivity index (χ3n) is 4.13. The Bertz CT molecular complexity index is 932. The SMILES string of the molecule is COc1cccc2c(C)cc(=O)n(CCCOc3ccc(Cl)cc3)c12. The van der Waals surface area contributed by atoms with Crippen molar-refractivity contribution in [2.45, 2.75) is 19.9 Å². The van der Waals surface area contributed by atoms with Crippen molar-refractivity contribution in [3.63, 3.8) is 0 Å². The summed E-state index contributed by atoms with van der Waals surface area (Å²) in [6.45, 7) is 3.01. The molecule has 3 rings (SSSR count). The fraction of sp³-hybridized carbons (Fsp3) is 0.250. The van der Waals surface area contributed by atoms with E-state index < -0.39 is 0 Å². The highest BCUT2D eigenvalue weighted by atomic mass is 35.5. The third kappa shape index (κ3) is 3.80. The molecule has 0 N–H and O–H groups in total. The minimum Gasteiger partial charge on any atom is -0.495 e. The van der Waals surface area contributed by atoms with Gasteiger partial charge in [-0.05, 0) is 49.2 Å². The molecule has 0 saturated carbocycles. The van der Waals surface area contributed by atoms with Crippen molar-refractivity contribution in [1.29, 1.82) is 0 Å². The van der Waals surface area contributed by atoms with Gasteiger partial charge in [0.25, 0.3) is 5.56 Å². The Labute approximate surface area is 151 Å². The normalized spacial score (nSPS) is 10.8. The average Bonchev–Trinajstić information content (AvgIpc) is 2.62. The average molecular weight is 358 g/mol. The fourth-order valence-corrected chi connectivity index (χ4v) is 3.03. The lowest BCUT2D eigenvalue weighted by Gasteiger charge is -2.15. The van der Waals surface area contributed by atoms with Gasteiger partial charge in [-0.25, -0.2) is 0 Å².